The molecule has 0 amide bonds. The number of benzene rings is 3. The Kier molecular flexibility index (Phi) is 6.25. The molecule has 0 aromatic heterocycles. The van der Waals surface area contributed by atoms with Crippen LogP contribution in [0, 0.1) is 11.6 Å². The van der Waals surface area contributed by atoms with Gasteiger partial charge in [0, 0.05) is 18.2 Å². The topological polar surface area (TPSA) is 37.4 Å². The molecule has 0 aliphatic rings. The van der Waals surface area contributed by atoms with Crippen LogP contribution >= 0.6 is 0 Å². The van der Waals surface area contributed by atoms with Gasteiger partial charge in [0.05, 0.1) is 9.79 Å². The summed E-state index contributed by atoms with van der Waals surface area (Å²) in [4.78, 5) is 2.35. The molecular weight excluding hydrogens is 392 g/mol. The summed E-state index contributed by atoms with van der Waals surface area (Å²) in [5, 5.41) is 0. The first-order chi connectivity index (χ1) is 13.8. The Labute approximate surface area is 169 Å². The number of nitrogens with zero attached hydrogens (tertiary/aromatic N) is 1. The van der Waals surface area contributed by atoms with Crippen LogP contribution in [-0.4, -0.2) is 27.4 Å². The van der Waals surface area contributed by atoms with Crippen molar-refractivity contribution >= 4 is 22.0 Å². The van der Waals surface area contributed by atoms with Crippen molar-refractivity contribution < 1.29 is 17.2 Å². The monoisotopic (exact) mass is 413 g/mol. The van der Waals surface area contributed by atoms with Crippen LogP contribution in [0.3, 0.4) is 0 Å². The molecule has 0 radical (unpaired) electrons. The van der Waals surface area contributed by atoms with E-state index in [1.807, 2.05) is 19.0 Å². The second-order valence-corrected chi connectivity index (χ2v) is 8.84. The molecule has 6 heteroatoms. The van der Waals surface area contributed by atoms with E-state index in [2.05, 4.69) is 0 Å². The van der Waals surface area contributed by atoms with E-state index in [0.717, 1.165) is 11.6 Å². The quantitative estimate of drug-likeness (QED) is 0.532. The van der Waals surface area contributed by atoms with Crippen LogP contribution in [0.25, 0.3) is 12.2 Å². The fraction of sp³-hybridized carbons (Fsp3) is 0.130. The van der Waals surface area contributed by atoms with Crippen molar-refractivity contribution in [2.24, 2.45) is 0 Å². The molecule has 0 aliphatic heterocycles. The van der Waals surface area contributed by atoms with Crippen molar-refractivity contribution in [3.8, 4) is 0 Å². The summed E-state index contributed by atoms with van der Waals surface area (Å²) < 4.78 is 53.1. The number of hydrogen-bond acceptors (Lipinski definition) is 3. The zero-order chi connectivity index (χ0) is 21.0. The molecule has 0 N–H and O–H groups in total. The summed E-state index contributed by atoms with van der Waals surface area (Å²) in [7, 11) is 0.0499. The average Bonchev–Trinajstić information content (AvgIpc) is 2.67. The Morgan fingerprint density at radius 1 is 0.897 bits per heavy atom. The average molecular weight is 413 g/mol. The molecule has 0 atom stereocenters. The first kappa shape index (κ1) is 20.9. The third-order valence-electron chi connectivity index (χ3n) is 4.33. The van der Waals surface area contributed by atoms with Gasteiger partial charge in [0.25, 0.3) is 0 Å². The maximum atomic E-state index is 13.8. The third-order valence-corrected chi connectivity index (χ3v) is 6.20. The lowest BCUT2D eigenvalue weighted by Gasteiger charge is -2.15. The molecule has 0 saturated heterocycles. The van der Waals surface area contributed by atoms with Crippen molar-refractivity contribution in [2.75, 3.05) is 14.1 Å². The summed E-state index contributed by atoms with van der Waals surface area (Å²) in [5.41, 5.74) is 1.61. The van der Waals surface area contributed by atoms with Crippen LogP contribution < -0.4 is 0 Å². The van der Waals surface area contributed by atoms with E-state index in [1.165, 1.54) is 18.2 Å². The minimum absolute atomic E-state index is 0.233. The summed E-state index contributed by atoms with van der Waals surface area (Å²) in [5.74, 6) is -1.29. The van der Waals surface area contributed by atoms with Gasteiger partial charge >= 0.3 is 0 Å². The van der Waals surface area contributed by atoms with Gasteiger partial charge in [-0.2, -0.15) is 0 Å². The first-order valence-electron chi connectivity index (χ1n) is 8.98. The third kappa shape index (κ3) is 4.96. The molecule has 0 saturated carbocycles. The van der Waals surface area contributed by atoms with Gasteiger partial charge < -0.3 is 4.90 Å². The van der Waals surface area contributed by atoms with E-state index in [1.54, 1.807) is 54.6 Å². The van der Waals surface area contributed by atoms with Gasteiger partial charge in [0.1, 0.15) is 11.6 Å². The molecule has 0 bridgehead atoms. The van der Waals surface area contributed by atoms with E-state index in [0.29, 0.717) is 12.1 Å². The van der Waals surface area contributed by atoms with Gasteiger partial charge in [0.15, 0.2) is 0 Å². The molecule has 0 spiro atoms. The predicted octanol–water partition coefficient (Wildman–Crippen LogP) is 5.03. The van der Waals surface area contributed by atoms with Crippen LogP contribution in [-0.2, 0) is 16.4 Å². The van der Waals surface area contributed by atoms with Crippen molar-refractivity contribution in [1.29, 1.82) is 0 Å². The standard InChI is InChI=1S/C23H21F2NO2S/c1-26(2)16-19-14-17(8-10-18-11-12-20(24)15-22(18)25)9-13-23(19)29(27,28)21-6-4-3-5-7-21/h3-15H,16H2,1-2H3/b10-8+. The molecule has 150 valence electrons. The highest BCUT2D eigenvalue weighted by atomic mass is 32.2. The Bertz CT molecular complexity index is 1140. The molecule has 3 nitrogen and oxygen atoms in total. The molecular formula is C23H21F2NO2S. The Balaban J connectivity index is 2.01. The predicted molar refractivity (Wildman–Crippen MR) is 111 cm³/mol. The normalized spacial score (nSPS) is 12.0. The molecule has 0 fully saturated rings. The molecule has 0 aliphatic carbocycles. The van der Waals surface area contributed by atoms with Crippen LogP contribution in [0.15, 0.2) is 76.5 Å². The van der Waals surface area contributed by atoms with Crippen molar-refractivity contribution in [3.63, 3.8) is 0 Å². The van der Waals surface area contributed by atoms with Crippen LogP contribution in [0.4, 0.5) is 8.78 Å². The maximum absolute atomic E-state index is 13.8. The van der Waals surface area contributed by atoms with Gasteiger partial charge in [-0.15, -0.1) is 0 Å². The van der Waals surface area contributed by atoms with Crippen LogP contribution in [0.1, 0.15) is 16.7 Å². The second kappa shape index (κ2) is 8.68. The van der Waals surface area contributed by atoms with Gasteiger partial charge in [-0.05, 0) is 61.6 Å². The summed E-state index contributed by atoms with van der Waals surface area (Å²) >= 11 is 0. The molecule has 3 aromatic carbocycles. The number of hydrogen-bond donors (Lipinski definition) is 0. The summed E-state index contributed by atoms with van der Waals surface area (Å²) in [6.45, 7) is 0.425. The number of halogens is 2. The molecule has 0 unspecified atom stereocenters. The van der Waals surface area contributed by atoms with Gasteiger partial charge in [-0.25, -0.2) is 17.2 Å². The van der Waals surface area contributed by atoms with E-state index < -0.39 is 21.5 Å². The molecule has 0 heterocycles. The first-order valence-corrected chi connectivity index (χ1v) is 10.5. The fourth-order valence-corrected chi connectivity index (χ4v) is 4.46. The molecule has 3 rings (SSSR count). The zero-order valence-corrected chi connectivity index (χ0v) is 17.0. The smallest absolute Gasteiger partial charge is 0.206 e. The second-order valence-electron chi connectivity index (χ2n) is 6.92. The SMILES string of the molecule is CN(C)Cc1cc(/C=C/c2ccc(F)cc2F)ccc1S(=O)(=O)c1ccccc1. The highest BCUT2D eigenvalue weighted by Gasteiger charge is 2.21. The lowest BCUT2D eigenvalue weighted by molar-refractivity contribution is 0.398. The largest absolute Gasteiger partial charge is 0.305 e. The van der Waals surface area contributed by atoms with Crippen molar-refractivity contribution in [2.45, 2.75) is 16.3 Å². The van der Waals surface area contributed by atoms with E-state index in [9.17, 15) is 17.2 Å². The highest BCUT2D eigenvalue weighted by Crippen LogP contribution is 2.26. The summed E-state index contributed by atoms with van der Waals surface area (Å²) in [6.07, 6.45) is 3.21. The van der Waals surface area contributed by atoms with E-state index in [-0.39, 0.29) is 15.4 Å². The Hall–Kier alpha value is -2.83. The minimum Gasteiger partial charge on any atom is -0.305 e. The lowest BCUT2D eigenvalue weighted by Crippen LogP contribution is -2.14. The highest BCUT2D eigenvalue weighted by molar-refractivity contribution is 7.91. The fourth-order valence-electron chi connectivity index (χ4n) is 2.98. The number of rotatable bonds is 6. The van der Waals surface area contributed by atoms with E-state index >= 15 is 0 Å². The van der Waals surface area contributed by atoms with Crippen molar-refractivity contribution in [1.82, 2.24) is 4.90 Å². The lowest BCUT2D eigenvalue weighted by atomic mass is 10.1. The van der Waals surface area contributed by atoms with Gasteiger partial charge in [0.2, 0.25) is 9.84 Å². The molecule has 29 heavy (non-hydrogen) atoms. The number of sulfone groups is 1. The minimum atomic E-state index is -3.66. The van der Waals surface area contributed by atoms with Crippen LogP contribution in [0.2, 0.25) is 0 Å². The Morgan fingerprint density at radius 3 is 2.28 bits per heavy atom. The van der Waals surface area contributed by atoms with Crippen molar-refractivity contribution in [3.05, 3.63) is 95.1 Å². The summed E-state index contributed by atoms with van der Waals surface area (Å²) in [6, 6.07) is 16.7. The Morgan fingerprint density at radius 2 is 1.62 bits per heavy atom. The van der Waals surface area contributed by atoms with Gasteiger partial charge in [-0.1, -0.05) is 36.4 Å². The van der Waals surface area contributed by atoms with Crippen LogP contribution in [0.5, 0.6) is 0 Å². The van der Waals surface area contributed by atoms with E-state index in [4.69, 9.17) is 0 Å². The molecule has 3 aromatic rings. The maximum Gasteiger partial charge on any atom is 0.206 e. The van der Waals surface area contributed by atoms with Gasteiger partial charge in [-0.3, -0.25) is 0 Å². The zero-order valence-electron chi connectivity index (χ0n) is 16.1.